The lowest BCUT2D eigenvalue weighted by Crippen LogP contribution is -2.34. The van der Waals surface area contributed by atoms with E-state index in [1.165, 1.54) is 11.8 Å². The van der Waals surface area contributed by atoms with E-state index in [-0.39, 0.29) is 23.9 Å². The second kappa shape index (κ2) is 9.15. The Morgan fingerprint density at radius 2 is 1.90 bits per heavy atom. The molecule has 0 aliphatic carbocycles. The van der Waals surface area contributed by atoms with E-state index in [9.17, 15) is 14.4 Å². The summed E-state index contributed by atoms with van der Waals surface area (Å²) >= 11 is 0. The Morgan fingerprint density at radius 1 is 1.10 bits per heavy atom. The number of pyridine rings is 1. The van der Waals surface area contributed by atoms with Crippen LogP contribution in [0.4, 0.5) is 5.69 Å². The summed E-state index contributed by atoms with van der Waals surface area (Å²) in [6.45, 7) is 6.77. The summed E-state index contributed by atoms with van der Waals surface area (Å²) < 4.78 is 9.24. The van der Waals surface area contributed by atoms with Crippen molar-refractivity contribution >= 4 is 39.3 Å². The second-order valence-electron chi connectivity index (χ2n) is 10.9. The van der Waals surface area contributed by atoms with Crippen LogP contribution < -0.4 is 15.6 Å². The maximum atomic E-state index is 14.0. The number of hydrogen-bond donors (Lipinski definition) is 1. The van der Waals surface area contributed by atoms with Crippen molar-refractivity contribution in [3.63, 3.8) is 0 Å². The van der Waals surface area contributed by atoms with Crippen molar-refractivity contribution in [2.24, 2.45) is 13.0 Å². The Labute approximate surface area is 226 Å². The third kappa shape index (κ3) is 3.85. The van der Waals surface area contributed by atoms with E-state index in [1.54, 1.807) is 18.7 Å². The highest BCUT2D eigenvalue weighted by atomic mass is 16.5. The van der Waals surface area contributed by atoms with Crippen molar-refractivity contribution in [2.75, 3.05) is 19.0 Å². The molecule has 39 heavy (non-hydrogen) atoms. The van der Waals surface area contributed by atoms with Gasteiger partial charge in [-0.2, -0.15) is 0 Å². The lowest BCUT2D eigenvalue weighted by molar-refractivity contribution is -0.139. The van der Waals surface area contributed by atoms with E-state index in [1.807, 2.05) is 36.4 Å². The number of aryl methyl sites for hydroxylation is 2. The number of rotatable bonds is 5. The lowest BCUT2D eigenvalue weighted by Gasteiger charge is -2.20. The summed E-state index contributed by atoms with van der Waals surface area (Å²) in [5.74, 6) is -0.130. The van der Waals surface area contributed by atoms with Gasteiger partial charge in [-0.1, -0.05) is 19.9 Å². The summed E-state index contributed by atoms with van der Waals surface area (Å²) in [5.41, 5.74) is 5.00. The summed E-state index contributed by atoms with van der Waals surface area (Å²) in [6, 6.07) is 13.6. The van der Waals surface area contributed by atoms with Crippen LogP contribution in [0.3, 0.4) is 0 Å². The van der Waals surface area contributed by atoms with Gasteiger partial charge in [0.15, 0.2) is 0 Å². The van der Waals surface area contributed by atoms with Gasteiger partial charge in [0.25, 0.3) is 11.5 Å². The largest absolute Gasteiger partial charge is 0.497 e. The number of imide groups is 1. The molecular formula is C31H32N4O4. The molecule has 0 saturated carbocycles. The number of fused-ring (bicyclic) bond motifs is 1. The molecule has 2 aliphatic rings. The molecule has 4 heterocycles. The molecule has 2 aromatic carbocycles. The summed E-state index contributed by atoms with van der Waals surface area (Å²) in [7, 11) is 3.34. The van der Waals surface area contributed by atoms with Crippen molar-refractivity contribution in [1.29, 1.82) is 0 Å². The van der Waals surface area contributed by atoms with Gasteiger partial charge in [-0.25, -0.2) is 0 Å². The topological polar surface area (TPSA) is 85.6 Å². The highest BCUT2D eigenvalue weighted by molar-refractivity contribution is 6.11. The SMILES string of the molecule is COc1ccc2cc([C@H]3C4=C(CN(C(C)=O)C4=O)Nc4cccc5c4c3cn5CCC(C)C)c(=O)n(C)c2c1. The van der Waals surface area contributed by atoms with Crippen LogP contribution in [0.2, 0.25) is 0 Å². The zero-order valence-electron chi connectivity index (χ0n) is 22.9. The third-order valence-electron chi connectivity index (χ3n) is 8.04. The zero-order chi connectivity index (χ0) is 27.6. The first-order valence-electron chi connectivity index (χ1n) is 13.3. The average Bonchev–Trinajstić information content (AvgIpc) is 3.40. The van der Waals surface area contributed by atoms with Gasteiger partial charge in [0.1, 0.15) is 5.75 Å². The number of methoxy groups -OCH3 is 1. The minimum absolute atomic E-state index is 0.152. The summed E-state index contributed by atoms with van der Waals surface area (Å²) in [5, 5.41) is 5.36. The minimum Gasteiger partial charge on any atom is -0.497 e. The van der Waals surface area contributed by atoms with Crippen LogP contribution in [-0.2, 0) is 23.2 Å². The van der Waals surface area contributed by atoms with Crippen molar-refractivity contribution in [1.82, 2.24) is 14.0 Å². The molecule has 1 N–H and O–H groups in total. The predicted molar refractivity (Wildman–Crippen MR) is 152 cm³/mol. The Morgan fingerprint density at radius 3 is 2.62 bits per heavy atom. The Hall–Kier alpha value is -4.33. The highest BCUT2D eigenvalue weighted by Crippen LogP contribution is 2.46. The molecule has 0 fully saturated rings. The molecule has 6 rings (SSSR count). The van der Waals surface area contributed by atoms with Gasteiger partial charge < -0.3 is 19.2 Å². The number of ether oxygens (including phenoxy) is 1. The molecule has 0 saturated heterocycles. The van der Waals surface area contributed by atoms with Crippen LogP contribution in [0, 0.1) is 5.92 Å². The highest BCUT2D eigenvalue weighted by Gasteiger charge is 2.42. The van der Waals surface area contributed by atoms with Gasteiger partial charge in [-0.15, -0.1) is 0 Å². The number of nitrogens with one attached hydrogen (secondary N) is 1. The Bertz CT molecular complexity index is 1770. The van der Waals surface area contributed by atoms with Crippen LogP contribution in [0.25, 0.3) is 21.8 Å². The zero-order valence-corrected chi connectivity index (χ0v) is 22.9. The van der Waals surface area contributed by atoms with E-state index in [2.05, 4.69) is 36.0 Å². The molecule has 200 valence electrons. The van der Waals surface area contributed by atoms with Crippen molar-refractivity contribution < 1.29 is 14.3 Å². The van der Waals surface area contributed by atoms with E-state index in [0.29, 0.717) is 28.5 Å². The number of hydrogen-bond acceptors (Lipinski definition) is 5. The molecule has 0 radical (unpaired) electrons. The van der Waals surface area contributed by atoms with E-state index < -0.39 is 5.92 Å². The molecular weight excluding hydrogens is 492 g/mol. The van der Waals surface area contributed by atoms with Gasteiger partial charge in [0.05, 0.1) is 30.3 Å². The normalized spacial score (nSPS) is 16.7. The fourth-order valence-electron chi connectivity index (χ4n) is 5.98. The number of aromatic nitrogens is 2. The third-order valence-corrected chi connectivity index (χ3v) is 8.04. The Kier molecular flexibility index (Phi) is 5.86. The molecule has 2 aliphatic heterocycles. The van der Waals surface area contributed by atoms with Crippen LogP contribution in [0.5, 0.6) is 5.75 Å². The van der Waals surface area contributed by atoms with Crippen LogP contribution >= 0.6 is 0 Å². The maximum absolute atomic E-state index is 14.0. The minimum atomic E-state index is -0.638. The average molecular weight is 525 g/mol. The van der Waals surface area contributed by atoms with Gasteiger partial charge in [0.2, 0.25) is 5.91 Å². The molecule has 0 spiro atoms. The number of carbonyl (C=O) groups excluding carboxylic acids is 2. The standard InChI is InChI=1S/C31H32N4O4/c1-17(2)11-12-34-15-22-27(21-13-19-9-10-20(39-5)14-26(19)33(4)30(21)37)29-24(16-35(18(3)36)31(29)38)32-23-7-6-8-25(34)28(22)23/h6-10,13-15,17,27,32H,11-12,16H2,1-5H3/t27-/m1/s1. The quantitative estimate of drug-likeness (QED) is 0.407. The molecule has 8 heteroatoms. The van der Waals surface area contributed by atoms with Crippen LogP contribution in [0.15, 0.2) is 64.7 Å². The number of amides is 2. The van der Waals surface area contributed by atoms with Crippen molar-refractivity contribution in [2.45, 2.75) is 39.7 Å². The fraction of sp³-hybridized carbons (Fsp3) is 0.323. The smallest absolute Gasteiger partial charge is 0.259 e. The summed E-state index contributed by atoms with van der Waals surface area (Å²) in [4.78, 5) is 41.6. The molecule has 8 nitrogen and oxygen atoms in total. The summed E-state index contributed by atoms with van der Waals surface area (Å²) in [6.07, 6.45) is 3.09. The molecule has 4 aromatic rings. The Balaban J connectivity index is 1.65. The predicted octanol–water partition coefficient (Wildman–Crippen LogP) is 4.75. The molecule has 1 atom stereocenters. The van der Waals surface area contributed by atoms with Crippen LogP contribution in [-0.4, -0.2) is 39.5 Å². The fourth-order valence-corrected chi connectivity index (χ4v) is 5.98. The number of nitrogens with zero attached hydrogens (tertiary/aromatic N) is 3. The molecule has 2 aromatic heterocycles. The van der Waals surface area contributed by atoms with E-state index >= 15 is 0 Å². The molecule has 0 unspecified atom stereocenters. The van der Waals surface area contributed by atoms with Crippen molar-refractivity contribution in [3.05, 3.63) is 81.4 Å². The van der Waals surface area contributed by atoms with E-state index in [4.69, 9.17) is 4.74 Å². The number of benzene rings is 2. The van der Waals surface area contributed by atoms with Gasteiger partial charge in [0, 0.05) is 61.0 Å². The van der Waals surface area contributed by atoms with Gasteiger partial charge in [-0.3, -0.25) is 19.3 Å². The number of carbonyl (C=O) groups is 2. The molecule has 2 amide bonds. The lowest BCUT2D eigenvalue weighted by atomic mass is 9.84. The van der Waals surface area contributed by atoms with Gasteiger partial charge >= 0.3 is 0 Å². The van der Waals surface area contributed by atoms with Gasteiger partial charge in [-0.05, 0) is 53.6 Å². The second-order valence-corrected chi connectivity index (χ2v) is 10.9. The van der Waals surface area contributed by atoms with Crippen LogP contribution in [0.1, 0.15) is 44.2 Å². The van der Waals surface area contributed by atoms with Crippen molar-refractivity contribution in [3.8, 4) is 5.75 Å². The monoisotopic (exact) mass is 524 g/mol. The van der Waals surface area contributed by atoms with E-state index in [0.717, 1.165) is 46.0 Å². The first-order chi connectivity index (χ1) is 18.7. The number of anilines is 1. The maximum Gasteiger partial charge on any atom is 0.259 e. The first-order valence-corrected chi connectivity index (χ1v) is 13.3. The first kappa shape index (κ1) is 25.0. The molecule has 0 bridgehead atoms.